The summed E-state index contributed by atoms with van der Waals surface area (Å²) < 4.78 is 0. The molecule has 7 heteroatoms. The summed E-state index contributed by atoms with van der Waals surface area (Å²) in [5.41, 5.74) is 4.66. The number of rotatable bonds is 5. The minimum Gasteiger partial charge on any atom is -0.319 e. The molecule has 0 unspecified atom stereocenters. The van der Waals surface area contributed by atoms with E-state index in [1.807, 2.05) is 18.2 Å². The molecule has 25 heavy (non-hydrogen) atoms. The third kappa shape index (κ3) is 4.51. The summed E-state index contributed by atoms with van der Waals surface area (Å²) in [5, 5.41) is 4.52. The standard InChI is InChI=1S/C18H15ClN4O2/c19-13-7-5-12(6-8-13)11-20-23-17(24)10-9-16-18(25)22-15-4-2-1-3-14(15)21-16/h1-8,11H,9-10H2,(H,22,25)(H,23,24)/b20-11-. The lowest BCUT2D eigenvalue weighted by Crippen LogP contribution is -2.21. The number of hydrogen-bond acceptors (Lipinski definition) is 4. The van der Waals surface area contributed by atoms with E-state index in [-0.39, 0.29) is 24.3 Å². The van der Waals surface area contributed by atoms with Crippen molar-refractivity contribution >= 4 is 34.8 Å². The van der Waals surface area contributed by atoms with Crippen LogP contribution in [0.1, 0.15) is 17.7 Å². The van der Waals surface area contributed by atoms with Crippen molar-refractivity contribution in [1.29, 1.82) is 0 Å². The second-order valence-corrected chi connectivity index (χ2v) is 5.81. The number of carbonyl (C=O) groups excluding carboxylic acids is 1. The number of nitrogens with one attached hydrogen (secondary N) is 2. The van der Waals surface area contributed by atoms with Crippen LogP contribution in [0.3, 0.4) is 0 Å². The lowest BCUT2D eigenvalue weighted by Gasteiger charge is -2.02. The van der Waals surface area contributed by atoms with Gasteiger partial charge in [0.05, 0.1) is 17.2 Å². The second kappa shape index (κ2) is 7.72. The van der Waals surface area contributed by atoms with Crippen LogP contribution >= 0.6 is 11.6 Å². The maximum Gasteiger partial charge on any atom is 0.270 e. The fraction of sp³-hybridized carbons (Fsp3) is 0.111. The van der Waals surface area contributed by atoms with Gasteiger partial charge in [-0.15, -0.1) is 0 Å². The Hall–Kier alpha value is -2.99. The van der Waals surface area contributed by atoms with Crippen LogP contribution < -0.4 is 11.0 Å². The Morgan fingerprint density at radius 1 is 1.20 bits per heavy atom. The van der Waals surface area contributed by atoms with Crippen LogP contribution in [0.5, 0.6) is 0 Å². The Bertz CT molecular complexity index is 980. The molecule has 0 saturated heterocycles. The molecule has 0 radical (unpaired) electrons. The van der Waals surface area contributed by atoms with Crippen LogP contribution in [0, 0.1) is 0 Å². The number of aryl methyl sites for hydroxylation is 1. The van der Waals surface area contributed by atoms with Gasteiger partial charge >= 0.3 is 0 Å². The number of benzene rings is 2. The van der Waals surface area contributed by atoms with Gasteiger partial charge in [0.15, 0.2) is 0 Å². The molecule has 0 aliphatic rings. The van der Waals surface area contributed by atoms with E-state index in [1.165, 1.54) is 6.21 Å². The van der Waals surface area contributed by atoms with Crippen molar-refractivity contribution in [2.75, 3.05) is 0 Å². The molecule has 0 atom stereocenters. The van der Waals surface area contributed by atoms with E-state index in [0.717, 1.165) is 5.56 Å². The summed E-state index contributed by atoms with van der Waals surface area (Å²) in [6, 6.07) is 14.3. The summed E-state index contributed by atoms with van der Waals surface area (Å²) in [7, 11) is 0. The van der Waals surface area contributed by atoms with Gasteiger partial charge in [-0.05, 0) is 29.8 Å². The summed E-state index contributed by atoms with van der Waals surface area (Å²) in [4.78, 5) is 30.9. The van der Waals surface area contributed by atoms with Gasteiger partial charge in [-0.3, -0.25) is 9.59 Å². The average Bonchev–Trinajstić information content (AvgIpc) is 2.61. The second-order valence-electron chi connectivity index (χ2n) is 5.37. The number of para-hydroxylation sites is 2. The molecule has 0 bridgehead atoms. The van der Waals surface area contributed by atoms with E-state index in [9.17, 15) is 9.59 Å². The Morgan fingerprint density at radius 3 is 2.76 bits per heavy atom. The fourth-order valence-electron chi connectivity index (χ4n) is 2.25. The van der Waals surface area contributed by atoms with E-state index >= 15 is 0 Å². The fourth-order valence-corrected chi connectivity index (χ4v) is 2.38. The number of aromatic nitrogens is 2. The van der Waals surface area contributed by atoms with E-state index in [0.29, 0.717) is 21.7 Å². The average molecular weight is 355 g/mol. The zero-order chi connectivity index (χ0) is 17.6. The van der Waals surface area contributed by atoms with Crippen molar-refractivity contribution in [2.24, 2.45) is 5.10 Å². The number of fused-ring (bicyclic) bond motifs is 1. The number of aromatic amines is 1. The molecule has 1 aromatic heterocycles. The molecule has 1 amide bonds. The molecule has 0 aliphatic carbocycles. The van der Waals surface area contributed by atoms with Crippen molar-refractivity contribution in [3.8, 4) is 0 Å². The van der Waals surface area contributed by atoms with Gasteiger partial charge in [0.2, 0.25) is 5.91 Å². The quantitative estimate of drug-likeness (QED) is 0.545. The van der Waals surface area contributed by atoms with Gasteiger partial charge in [0.1, 0.15) is 5.69 Å². The van der Waals surface area contributed by atoms with Gasteiger partial charge in [-0.1, -0.05) is 35.9 Å². The summed E-state index contributed by atoms with van der Waals surface area (Å²) in [6.07, 6.45) is 1.88. The van der Waals surface area contributed by atoms with E-state index in [4.69, 9.17) is 11.6 Å². The number of carbonyl (C=O) groups is 1. The molecule has 0 aliphatic heterocycles. The van der Waals surface area contributed by atoms with E-state index in [2.05, 4.69) is 20.5 Å². The van der Waals surface area contributed by atoms with Gasteiger partial charge in [-0.2, -0.15) is 5.10 Å². The highest BCUT2D eigenvalue weighted by Crippen LogP contribution is 2.08. The molecule has 126 valence electrons. The number of amides is 1. The topological polar surface area (TPSA) is 87.2 Å². The van der Waals surface area contributed by atoms with Crippen LogP contribution in [-0.4, -0.2) is 22.1 Å². The van der Waals surface area contributed by atoms with Crippen LogP contribution in [0.25, 0.3) is 11.0 Å². The third-order valence-electron chi connectivity index (χ3n) is 3.53. The van der Waals surface area contributed by atoms with Gasteiger partial charge in [-0.25, -0.2) is 10.4 Å². The zero-order valence-corrected chi connectivity index (χ0v) is 14.0. The number of H-pyrrole nitrogens is 1. The highest BCUT2D eigenvalue weighted by molar-refractivity contribution is 6.30. The molecule has 0 spiro atoms. The normalized spacial score (nSPS) is 11.1. The molecular formula is C18H15ClN4O2. The zero-order valence-electron chi connectivity index (χ0n) is 13.2. The monoisotopic (exact) mass is 354 g/mol. The van der Waals surface area contributed by atoms with Crippen molar-refractivity contribution in [3.63, 3.8) is 0 Å². The van der Waals surface area contributed by atoms with Gasteiger partial charge in [0.25, 0.3) is 5.56 Å². The van der Waals surface area contributed by atoms with Crippen molar-refractivity contribution in [3.05, 3.63) is 75.2 Å². The first-order valence-corrected chi connectivity index (χ1v) is 8.05. The number of nitrogens with zero attached hydrogens (tertiary/aromatic N) is 2. The third-order valence-corrected chi connectivity index (χ3v) is 3.78. The first-order valence-electron chi connectivity index (χ1n) is 7.67. The predicted octanol–water partition coefficient (Wildman–Crippen LogP) is 2.66. The first-order chi connectivity index (χ1) is 12.1. The molecule has 6 nitrogen and oxygen atoms in total. The van der Waals surface area contributed by atoms with Crippen molar-refractivity contribution in [1.82, 2.24) is 15.4 Å². The maximum atomic E-state index is 12.0. The number of hydrazone groups is 1. The Labute approximate surface area is 148 Å². The van der Waals surface area contributed by atoms with Gasteiger partial charge < -0.3 is 4.98 Å². The molecule has 3 rings (SSSR count). The van der Waals surface area contributed by atoms with Crippen molar-refractivity contribution < 1.29 is 4.79 Å². The predicted molar refractivity (Wildman–Crippen MR) is 97.9 cm³/mol. The Morgan fingerprint density at radius 2 is 1.96 bits per heavy atom. The Balaban J connectivity index is 1.58. The molecule has 2 aromatic carbocycles. The minimum absolute atomic E-state index is 0.117. The molecule has 0 fully saturated rings. The Kier molecular flexibility index (Phi) is 5.20. The molecule has 3 aromatic rings. The molecule has 1 heterocycles. The molecule has 2 N–H and O–H groups in total. The summed E-state index contributed by atoms with van der Waals surface area (Å²) >= 11 is 5.80. The number of halogens is 1. The summed E-state index contributed by atoms with van der Waals surface area (Å²) in [5.74, 6) is -0.292. The SMILES string of the molecule is O=C(CCc1nc2ccccc2[nH]c1=O)N/N=C\c1ccc(Cl)cc1. The highest BCUT2D eigenvalue weighted by Gasteiger charge is 2.07. The van der Waals surface area contributed by atoms with E-state index in [1.54, 1.807) is 30.3 Å². The van der Waals surface area contributed by atoms with Gasteiger partial charge in [0, 0.05) is 17.9 Å². The molecular weight excluding hydrogens is 340 g/mol. The minimum atomic E-state index is -0.292. The lowest BCUT2D eigenvalue weighted by molar-refractivity contribution is -0.121. The van der Waals surface area contributed by atoms with Crippen molar-refractivity contribution in [2.45, 2.75) is 12.8 Å². The smallest absolute Gasteiger partial charge is 0.270 e. The maximum absolute atomic E-state index is 12.0. The van der Waals surface area contributed by atoms with Crippen LogP contribution in [-0.2, 0) is 11.2 Å². The molecule has 0 saturated carbocycles. The summed E-state index contributed by atoms with van der Waals surface area (Å²) in [6.45, 7) is 0. The highest BCUT2D eigenvalue weighted by atomic mass is 35.5. The first kappa shape index (κ1) is 16.9. The van der Waals surface area contributed by atoms with Crippen LogP contribution in [0.15, 0.2) is 58.4 Å². The lowest BCUT2D eigenvalue weighted by atomic mass is 10.2. The van der Waals surface area contributed by atoms with E-state index < -0.39 is 0 Å². The number of hydrogen-bond donors (Lipinski definition) is 2. The van der Waals surface area contributed by atoms with Crippen LogP contribution in [0.4, 0.5) is 0 Å². The largest absolute Gasteiger partial charge is 0.319 e. The van der Waals surface area contributed by atoms with Crippen LogP contribution in [0.2, 0.25) is 5.02 Å².